The fraction of sp³-hybridized carbons (Fsp3) is 0.692. The molecule has 0 spiro atoms. The second kappa shape index (κ2) is 5.02. The molecule has 1 fully saturated rings. The Morgan fingerprint density at radius 1 is 1.50 bits per heavy atom. The first-order chi connectivity index (χ1) is 7.74. The highest BCUT2D eigenvalue weighted by atomic mass is 16.3. The van der Waals surface area contributed by atoms with E-state index in [0.29, 0.717) is 12.0 Å². The molecule has 2 rings (SSSR count). The van der Waals surface area contributed by atoms with Crippen LogP contribution in [0.4, 0.5) is 0 Å². The standard InChI is InChI=1S/C13H22N2O/c1-10-6-8-16-13(10)12-11(9-14)5-3-4-7-15(12)2/h6,8,11-12H,3-5,7,9,14H2,1-2H3. The van der Waals surface area contributed by atoms with Gasteiger partial charge in [0.15, 0.2) is 0 Å². The van der Waals surface area contributed by atoms with Gasteiger partial charge in [-0.3, -0.25) is 4.90 Å². The van der Waals surface area contributed by atoms with Crippen molar-refractivity contribution in [3.8, 4) is 0 Å². The van der Waals surface area contributed by atoms with Crippen molar-refractivity contribution in [2.75, 3.05) is 20.1 Å². The van der Waals surface area contributed by atoms with Gasteiger partial charge in [0, 0.05) is 0 Å². The molecule has 2 unspecified atom stereocenters. The molecule has 2 heterocycles. The minimum Gasteiger partial charge on any atom is -0.467 e. The van der Waals surface area contributed by atoms with E-state index in [9.17, 15) is 0 Å². The van der Waals surface area contributed by atoms with Gasteiger partial charge in [-0.1, -0.05) is 6.42 Å². The summed E-state index contributed by atoms with van der Waals surface area (Å²) in [5.74, 6) is 1.64. The monoisotopic (exact) mass is 222 g/mol. The van der Waals surface area contributed by atoms with E-state index in [1.165, 1.54) is 24.8 Å². The number of nitrogens with zero attached hydrogens (tertiary/aromatic N) is 1. The molecule has 0 aromatic carbocycles. The Morgan fingerprint density at radius 3 is 2.94 bits per heavy atom. The lowest BCUT2D eigenvalue weighted by Gasteiger charge is -2.30. The van der Waals surface area contributed by atoms with E-state index in [-0.39, 0.29) is 0 Å². The number of aryl methyl sites for hydroxylation is 1. The predicted octanol–water partition coefficient (Wildman–Crippen LogP) is 2.32. The average molecular weight is 222 g/mol. The van der Waals surface area contributed by atoms with Crippen molar-refractivity contribution in [1.82, 2.24) is 4.90 Å². The Labute approximate surface area is 97.6 Å². The molecular formula is C13H22N2O. The summed E-state index contributed by atoms with van der Waals surface area (Å²) in [6.45, 7) is 4.00. The number of hydrogen-bond acceptors (Lipinski definition) is 3. The second-order valence-electron chi connectivity index (χ2n) is 4.88. The van der Waals surface area contributed by atoms with E-state index in [4.69, 9.17) is 10.2 Å². The van der Waals surface area contributed by atoms with Gasteiger partial charge in [0.1, 0.15) is 5.76 Å². The largest absolute Gasteiger partial charge is 0.467 e. The van der Waals surface area contributed by atoms with Crippen LogP contribution in [0, 0.1) is 12.8 Å². The minimum absolute atomic E-state index is 0.363. The van der Waals surface area contributed by atoms with Crippen molar-refractivity contribution in [3.63, 3.8) is 0 Å². The Bertz CT molecular complexity index is 334. The van der Waals surface area contributed by atoms with Gasteiger partial charge in [0.25, 0.3) is 0 Å². The van der Waals surface area contributed by atoms with E-state index in [2.05, 4.69) is 18.9 Å². The van der Waals surface area contributed by atoms with Crippen LogP contribution in [0.25, 0.3) is 0 Å². The Hall–Kier alpha value is -0.800. The molecule has 0 saturated carbocycles. The lowest BCUT2D eigenvalue weighted by Crippen LogP contribution is -2.33. The van der Waals surface area contributed by atoms with Gasteiger partial charge in [-0.05, 0) is 57.5 Å². The molecule has 0 bridgehead atoms. The fourth-order valence-corrected chi connectivity index (χ4v) is 2.77. The number of rotatable bonds is 2. The second-order valence-corrected chi connectivity index (χ2v) is 4.88. The third-order valence-corrected chi connectivity index (χ3v) is 3.73. The van der Waals surface area contributed by atoms with E-state index < -0.39 is 0 Å². The first-order valence-corrected chi connectivity index (χ1v) is 6.18. The highest BCUT2D eigenvalue weighted by molar-refractivity contribution is 5.19. The van der Waals surface area contributed by atoms with Crippen LogP contribution in [0.3, 0.4) is 0 Å². The SMILES string of the molecule is Cc1ccoc1C1C(CN)CCCCN1C. The zero-order valence-corrected chi connectivity index (χ0v) is 10.3. The van der Waals surface area contributed by atoms with Crippen LogP contribution in [0.1, 0.15) is 36.6 Å². The van der Waals surface area contributed by atoms with Gasteiger partial charge in [0.05, 0.1) is 12.3 Å². The van der Waals surface area contributed by atoms with Crippen LogP contribution in [0.15, 0.2) is 16.7 Å². The molecule has 2 atom stereocenters. The third kappa shape index (κ3) is 2.15. The molecule has 1 aliphatic heterocycles. The molecule has 1 aliphatic rings. The molecule has 2 N–H and O–H groups in total. The molecule has 16 heavy (non-hydrogen) atoms. The molecule has 1 aromatic heterocycles. The summed E-state index contributed by atoms with van der Waals surface area (Å²) in [6.07, 6.45) is 5.55. The molecular weight excluding hydrogens is 200 g/mol. The number of likely N-dealkylation sites (tertiary alicyclic amines) is 1. The topological polar surface area (TPSA) is 42.4 Å². The number of hydrogen-bond donors (Lipinski definition) is 1. The minimum atomic E-state index is 0.363. The Morgan fingerprint density at radius 2 is 2.31 bits per heavy atom. The maximum atomic E-state index is 5.91. The first-order valence-electron chi connectivity index (χ1n) is 6.18. The Balaban J connectivity index is 2.29. The molecule has 0 amide bonds. The van der Waals surface area contributed by atoms with E-state index in [1.54, 1.807) is 6.26 Å². The van der Waals surface area contributed by atoms with Gasteiger partial charge in [0.2, 0.25) is 0 Å². The van der Waals surface area contributed by atoms with Gasteiger partial charge in [-0.15, -0.1) is 0 Å². The summed E-state index contributed by atoms with van der Waals surface area (Å²) >= 11 is 0. The van der Waals surface area contributed by atoms with Crippen LogP contribution < -0.4 is 5.73 Å². The highest BCUT2D eigenvalue weighted by Crippen LogP contribution is 2.35. The van der Waals surface area contributed by atoms with Crippen LogP contribution in [0.2, 0.25) is 0 Å². The summed E-state index contributed by atoms with van der Waals surface area (Å²) in [7, 11) is 2.18. The summed E-state index contributed by atoms with van der Waals surface area (Å²) in [5, 5.41) is 0. The summed E-state index contributed by atoms with van der Waals surface area (Å²) in [4.78, 5) is 2.40. The number of nitrogens with two attached hydrogens (primary N) is 1. The lowest BCUT2D eigenvalue weighted by molar-refractivity contribution is 0.168. The molecule has 3 heteroatoms. The summed E-state index contributed by atoms with van der Waals surface area (Å²) in [5.41, 5.74) is 7.16. The predicted molar refractivity (Wildman–Crippen MR) is 65.2 cm³/mol. The highest BCUT2D eigenvalue weighted by Gasteiger charge is 2.31. The van der Waals surface area contributed by atoms with Crippen molar-refractivity contribution in [2.24, 2.45) is 11.7 Å². The molecule has 90 valence electrons. The van der Waals surface area contributed by atoms with Gasteiger partial charge >= 0.3 is 0 Å². The van der Waals surface area contributed by atoms with Crippen molar-refractivity contribution < 1.29 is 4.42 Å². The van der Waals surface area contributed by atoms with Crippen molar-refractivity contribution in [3.05, 3.63) is 23.7 Å². The lowest BCUT2D eigenvalue weighted by atomic mass is 9.92. The van der Waals surface area contributed by atoms with Crippen molar-refractivity contribution >= 4 is 0 Å². The molecule has 3 nitrogen and oxygen atoms in total. The smallest absolute Gasteiger partial charge is 0.124 e. The quantitative estimate of drug-likeness (QED) is 0.835. The molecule has 1 aromatic rings. The third-order valence-electron chi connectivity index (χ3n) is 3.73. The normalized spacial score (nSPS) is 27.9. The maximum Gasteiger partial charge on any atom is 0.124 e. The zero-order valence-electron chi connectivity index (χ0n) is 10.3. The average Bonchev–Trinajstić information content (AvgIpc) is 2.59. The zero-order chi connectivity index (χ0) is 11.5. The van der Waals surface area contributed by atoms with E-state index >= 15 is 0 Å². The van der Waals surface area contributed by atoms with Crippen molar-refractivity contribution in [1.29, 1.82) is 0 Å². The van der Waals surface area contributed by atoms with Gasteiger partial charge in [-0.25, -0.2) is 0 Å². The molecule has 1 saturated heterocycles. The van der Waals surface area contributed by atoms with Crippen molar-refractivity contribution in [2.45, 2.75) is 32.2 Å². The summed E-state index contributed by atoms with van der Waals surface area (Å²) in [6, 6.07) is 2.41. The van der Waals surface area contributed by atoms with Gasteiger partial charge in [-0.2, -0.15) is 0 Å². The van der Waals surface area contributed by atoms with Crippen LogP contribution in [-0.4, -0.2) is 25.0 Å². The number of furan rings is 1. The van der Waals surface area contributed by atoms with Crippen LogP contribution in [0.5, 0.6) is 0 Å². The molecule has 0 radical (unpaired) electrons. The van der Waals surface area contributed by atoms with Crippen LogP contribution >= 0.6 is 0 Å². The fourth-order valence-electron chi connectivity index (χ4n) is 2.77. The van der Waals surface area contributed by atoms with Crippen LogP contribution in [-0.2, 0) is 0 Å². The maximum absolute atomic E-state index is 5.91. The van der Waals surface area contributed by atoms with Gasteiger partial charge < -0.3 is 10.2 Å². The Kier molecular flexibility index (Phi) is 3.66. The van der Waals surface area contributed by atoms with E-state index in [0.717, 1.165) is 18.8 Å². The first kappa shape index (κ1) is 11.7. The molecule has 0 aliphatic carbocycles. The summed E-state index contributed by atoms with van der Waals surface area (Å²) < 4.78 is 5.66. The van der Waals surface area contributed by atoms with E-state index in [1.807, 2.05) is 6.07 Å².